The number of nitrogens with zero attached hydrogens (tertiary/aromatic N) is 4. The lowest BCUT2D eigenvalue weighted by Gasteiger charge is -2.15. The van der Waals surface area contributed by atoms with Crippen LogP contribution >= 0.6 is 11.8 Å². The minimum atomic E-state index is 0.522. The lowest BCUT2D eigenvalue weighted by molar-refractivity contribution is 0.416. The highest BCUT2D eigenvalue weighted by Crippen LogP contribution is 2.33. The molecule has 5 nitrogen and oxygen atoms in total. The van der Waals surface area contributed by atoms with Gasteiger partial charge in [0, 0.05) is 5.75 Å². The van der Waals surface area contributed by atoms with E-state index < -0.39 is 0 Å². The van der Waals surface area contributed by atoms with Crippen molar-refractivity contribution in [3.05, 3.63) is 59.7 Å². The SMILES string of the molecule is COc1ccccc1-c1nnc2n1N=C(c1ccc(C(C)C)cc1)CS2. The van der Waals surface area contributed by atoms with Gasteiger partial charge in [0.25, 0.3) is 0 Å². The summed E-state index contributed by atoms with van der Waals surface area (Å²) in [6.07, 6.45) is 0. The molecule has 1 aliphatic heterocycles. The highest BCUT2D eigenvalue weighted by atomic mass is 32.2. The van der Waals surface area contributed by atoms with Crippen LogP contribution in [0.15, 0.2) is 58.8 Å². The largest absolute Gasteiger partial charge is 0.496 e. The summed E-state index contributed by atoms with van der Waals surface area (Å²) < 4.78 is 7.29. The Balaban J connectivity index is 1.75. The molecule has 4 rings (SSSR count). The number of hydrogen-bond acceptors (Lipinski definition) is 5. The lowest BCUT2D eigenvalue weighted by Crippen LogP contribution is -2.14. The van der Waals surface area contributed by atoms with Gasteiger partial charge in [0.05, 0.1) is 18.4 Å². The minimum absolute atomic E-state index is 0.522. The van der Waals surface area contributed by atoms with E-state index in [1.807, 2.05) is 28.9 Å². The zero-order chi connectivity index (χ0) is 18.1. The van der Waals surface area contributed by atoms with Crippen molar-refractivity contribution in [2.24, 2.45) is 5.10 Å². The third-order valence-corrected chi connectivity index (χ3v) is 5.36. The van der Waals surface area contributed by atoms with E-state index in [-0.39, 0.29) is 0 Å². The summed E-state index contributed by atoms with van der Waals surface area (Å²) in [7, 11) is 1.66. The molecular weight excluding hydrogens is 344 g/mol. The molecule has 3 aromatic rings. The van der Waals surface area contributed by atoms with Crippen LogP contribution in [0.3, 0.4) is 0 Å². The van der Waals surface area contributed by atoms with Crippen molar-refractivity contribution < 1.29 is 4.74 Å². The predicted molar refractivity (Wildman–Crippen MR) is 105 cm³/mol. The van der Waals surface area contributed by atoms with Crippen molar-refractivity contribution in [2.45, 2.75) is 24.9 Å². The molecule has 0 atom stereocenters. The van der Waals surface area contributed by atoms with E-state index in [0.29, 0.717) is 11.7 Å². The molecule has 2 aromatic carbocycles. The number of fused-ring (bicyclic) bond motifs is 1. The van der Waals surface area contributed by atoms with Gasteiger partial charge in [-0.15, -0.1) is 10.2 Å². The molecule has 0 bridgehead atoms. The summed E-state index contributed by atoms with van der Waals surface area (Å²) >= 11 is 1.65. The lowest BCUT2D eigenvalue weighted by atomic mass is 10.0. The van der Waals surface area contributed by atoms with Gasteiger partial charge in [0.1, 0.15) is 5.75 Å². The highest BCUT2D eigenvalue weighted by Gasteiger charge is 2.22. The second-order valence-corrected chi connectivity index (χ2v) is 7.37. The normalized spacial score (nSPS) is 13.5. The van der Waals surface area contributed by atoms with Crippen LogP contribution < -0.4 is 4.74 Å². The van der Waals surface area contributed by atoms with Gasteiger partial charge in [-0.25, -0.2) is 0 Å². The maximum Gasteiger partial charge on any atom is 0.212 e. The summed E-state index contributed by atoms with van der Waals surface area (Å²) in [5.41, 5.74) is 4.37. The van der Waals surface area contributed by atoms with Crippen molar-refractivity contribution in [1.29, 1.82) is 0 Å². The molecule has 1 aromatic heterocycles. The zero-order valence-electron chi connectivity index (χ0n) is 15.0. The Morgan fingerprint density at radius 3 is 2.54 bits per heavy atom. The van der Waals surface area contributed by atoms with E-state index in [1.54, 1.807) is 18.9 Å². The van der Waals surface area contributed by atoms with Crippen LogP contribution in [0.5, 0.6) is 5.75 Å². The van der Waals surface area contributed by atoms with E-state index in [4.69, 9.17) is 9.84 Å². The number of para-hydroxylation sites is 1. The maximum atomic E-state index is 5.47. The van der Waals surface area contributed by atoms with Crippen molar-refractivity contribution in [3.63, 3.8) is 0 Å². The van der Waals surface area contributed by atoms with E-state index in [2.05, 4.69) is 48.3 Å². The van der Waals surface area contributed by atoms with Gasteiger partial charge in [-0.3, -0.25) is 0 Å². The highest BCUT2D eigenvalue weighted by molar-refractivity contribution is 7.99. The van der Waals surface area contributed by atoms with Gasteiger partial charge < -0.3 is 4.74 Å². The van der Waals surface area contributed by atoms with E-state index in [9.17, 15) is 0 Å². The molecule has 0 saturated heterocycles. The first kappa shape index (κ1) is 16.8. The molecule has 26 heavy (non-hydrogen) atoms. The number of methoxy groups -OCH3 is 1. The molecule has 0 radical (unpaired) electrons. The Morgan fingerprint density at radius 2 is 1.81 bits per heavy atom. The first-order valence-corrected chi connectivity index (χ1v) is 9.55. The topological polar surface area (TPSA) is 52.3 Å². The number of aromatic nitrogens is 3. The van der Waals surface area contributed by atoms with Crippen LogP contribution in [-0.4, -0.2) is 33.4 Å². The van der Waals surface area contributed by atoms with Crippen LogP contribution in [0.1, 0.15) is 30.9 Å². The summed E-state index contributed by atoms with van der Waals surface area (Å²) in [6.45, 7) is 4.40. The minimum Gasteiger partial charge on any atom is -0.496 e. The van der Waals surface area contributed by atoms with E-state index >= 15 is 0 Å². The molecule has 0 unspecified atom stereocenters. The van der Waals surface area contributed by atoms with Gasteiger partial charge in [-0.05, 0) is 29.2 Å². The Morgan fingerprint density at radius 1 is 1.04 bits per heavy atom. The van der Waals surface area contributed by atoms with Crippen molar-refractivity contribution in [2.75, 3.05) is 12.9 Å². The van der Waals surface area contributed by atoms with Crippen LogP contribution in [0, 0.1) is 0 Å². The predicted octanol–water partition coefficient (Wildman–Crippen LogP) is 4.44. The second-order valence-electron chi connectivity index (χ2n) is 6.43. The smallest absolute Gasteiger partial charge is 0.212 e. The maximum absolute atomic E-state index is 5.47. The summed E-state index contributed by atoms with van der Waals surface area (Å²) in [6, 6.07) is 16.4. The molecule has 132 valence electrons. The van der Waals surface area contributed by atoms with E-state index in [1.165, 1.54) is 5.56 Å². The molecule has 0 spiro atoms. The third kappa shape index (κ3) is 3.01. The summed E-state index contributed by atoms with van der Waals surface area (Å²) in [4.78, 5) is 0. The summed E-state index contributed by atoms with van der Waals surface area (Å²) in [5, 5.41) is 14.3. The number of benzene rings is 2. The first-order chi connectivity index (χ1) is 12.7. The number of thioether (sulfide) groups is 1. The fourth-order valence-corrected chi connectivity index (χ4v) is 3.77. The molecule has 0 aliphatic carbocycles. The second kappa shape index (κ2) is 6.96. The fourth-order valence-electron chi connectivity index (χ4n) is 2.93. The Hall–Kier alpha value is -2.60. The molecule has 0 fully saturated rings. The Bertz CT molecular complexity index is 960. The van der Waals surface area contributed by atoms with Gasteiger partial charge in [0.2, 0.25) is 5.16 Å². The molecule has 0 amide bonds. The van der Waals surface area contributed by atoms with Gasteiger partial charge in [0.15, 0.2) is 5.82 Å². The molecule has 2 heterocycles. The quantitative estimate of drug-likeness (QED) is 0.687. The van der Waals surface area contributed by atoms with Gasteiger partial charge >= 0.3 is 0 Å². The van der Waals surface area contributed by atoms with Crippen LogP contribution in [0.2, 0.25) is 0 Å². The van der Waals surface area contributed by atoms with E-state index in [0.717, 1.165) is 33.5 Å². The molecule has 1 aliphatic rings. The van der Waals surface area contributed by atoms with Gasteiger partial charge in [-0.2, -0.15) is 9.78 Å². The molecule has 0 N–H and O–H groups in total. The molecular formula is C20H20N4OS. The number of ether oxygens (including phenoxy) is 1. The van der Waals surface area contributed by atoms with Gasteiger partial charge in [-0.1, -0.05) is 62.0 Å². The standard InChI is InChI=1S/C20H20N4OS/c1-13(2)14-8-10-15(11-9-14)17-12-26-20-22-21-19(24(20)23-17)16-6-4-5-7-18(16)25-3/h4-11,13H,12H2,1-3H3. The number of hydrogen-bond donors (Lipinski definition) is 0. The Labute approximate surface area is 157 Å². The molecule has 0 saturated carbocycles. The number of rotatable bonds is 4. The van der Waals surface area contributed by atoms with Crippen molar-refractivity contribution in [3.8, 4) is 17.1 Å². The summed E-state index contributed by atoms with van der Waals surface area (Å²) in [5.74, 6) is 2.76. The zero-order valence-corrected chi connectivity index (χ0v) is 15.8. The monoisotopic (exact) mass is 364 g/mol. The third-order valence-electron chi connectivity index (χ3n) is 4.43. The van der Waals surface area contributed by atoms with Crippen molar-refractivity contribution in [1.82, 2.24) is 14.9 Å². The first-order valence-electron chi connectivity index (χ1n) is 8.57. The van der Waals surface area contributed by atoms with Crippen LogP contribution in [0.4, 0.5) is 0 Å². The average Bonchev–Trinajstić information content (AvgIpc) is 3.11. The van der Waals surface area contributed by atoms with Crippen LogP contribution in [-0.2, 0) is 0 Å². The Kier molecular flexibility index (Phi) is 4.51. The van der Waals surface area contributed by atoms with Crippen LogP contribution in [0.25, 0.3) is 11.4 Å². The van der Waals surface area contributed by atoms with Crippen molar-refractivity contribution >= 4 is 17.5 Å². The molecule has 6 heteroatoms. The fraction of sp³-hybridized carbons (Fsp3) is 0.250. The average molecular weight is 364 g/mol.